The third kappa shape index (κ3) is 2.41. The maximum Gasteiger partial charge on any atom is 0.323 e. The molecule has 1 aromatic rings. The number of likely N-dealkylation sites (N-methyl/N-ethyl adjacent to an activating group) is 1. The summed E-state index contributed by atoms with van der Waals surface area (Å²) in [5.41, 5.74) is 0.206. The van der Waals surface area contributed by atoms with E-state index in [1.807, 2.05) is 0 Å². The van der Waals surface area contributed by atoms with Crippen LogP contribution in [0.4, 0.5) is 0 Å². The average molecular weight is 227 g/mol. The van der Waals surface area contributed by atoms with E-state index in [0.717, 1.165) is 6.07 Å². The van der Waals surface area contributed by atoms with Crippen LogP contribution >= 0.6 is 0 Å². The molecule has 6 nitrogen and oxygen atoms in total. The summed E-state index contributed by atoms with van der Waals surface area (Å²) in [6.07, 6.45) is -1.31. The fourth-order valence-corrected chi connectivity index (χ4v) is 1.33. The fourth-order valence-electron chi connectivity index (χ4n) is 1.33. The van der Waals surface area contributed by atoms with Gasteiger partial charge in [-0.3, -0.25) is 4.79 Å². The third-order valence-electron chi connectivity index (χ3n) is 2.23. The summed E-state index contributed by atoms with van der Waals surface area (Å²) in [5.74, 6) is -1.94. The van der Waals surface area contributed by atoms with Crippen LogP contribution in [0.25, 0.3) is 0 Å². The molecule has 0 heterocycles. The highest BCUT2D eigenvalue weighted by atomic mass is 16.4. The predicted molar refractivity (Wildman–Crippen MR) is 55.2 cm³/mol. The van der Waals surface area contributed by atoms with Gasteiger partial charge in [-0.05, 0) is 24.7 Å². The van der Waals surface area contributed by atoms with Crippen LogP contribution in [0.2, 0.25) is 0 Å². The van der Waals surface area contributed by atoms with E-state index in [4.69, 9.17) is 10.2 Å². The fraction of sp³-hybridized carbons (Fsp3) is 0.300. The first kappa shape index (κ1) is 12.3. The number of aliphatic hydroxyl groups excluding tert-OH is 1. The predicted octanol–water partition coefficient (Wildman–Crippen LogP) is -0.196. The maximum absolute atomic E-state index is 10.8. The second kappa shape index (κ2) is 4.82. The molecule has 0 radical (unpaired) electrons. The Bertz CT molecular complexity index is 393. The highest BCUT2D eigenvalue weighted by Crippen LogP contribution is 2.28. The molecule has 2 atom stereocenters. The summed E-state index contributed by atoms with van der Waals surface area (Å²) in [4.78, 5) is 10.8. The van der Waals surface area contributed by atoms with E-state index in [1.165, 1.54) is 19.2 Å². The van der Waals surface area contributed by atoms with Gasteiger partial charge in [0.1, 0.15) is 12.1 Å². The minimum atomic E-state index is -1.31. The van der Waals surface area contributed by atoms with E-state index >= 15 is 0 Å². The van der Waals surface area contributed by atoms with E-state index in [9.17, 15) is 15.0 Å². The number of rotatable bonds is 4. The molecule has 0 aliphatic heterocycles. The van der Waals surface area contributed by atoms with Gasteiger partial charge in [0, 0.05) is 0 Å². The number of aliphatic carboxylic acids is 1. The molecule has 1 aromatic carbocycles. The zero-order valence-corrected chi connectivity index (χ0v) is 8.58. The first-order valence-corrected chi connectivity index (χ1v) is 4.57. The van der Waals surface area contributed by atoms with Crippen molar-refractivity contribution in [1.82, 2.24) is 5.32 Å². The number of carboxylic acids is 1. The quantitative estimate of drug-likeness (QED) is 0.456. The molecule has 0 fully saturated rings. The lowest BCUT2D eigenvalue weighted by Gasteiger charge is -2.18. The second-order valence-electron chi connectivity index (χ2n) is 3.30. The molecule has 6 heteroatoms. The third-order valence-corrected chi connectivity index (χ3v) is 2.23. The van der Waals surface area contributed by atoms with E-state index < -0.39 is 23.9 Å². The second-order valence-corrected chi connectivity index (χ2v) is 3.30. The van der Waals surface area contributed by atoms with Crippen LogP contribution in [0, 0.1) is 0 Å². The number of aromatic hydroxyl groups is 2. The highest BCUT2D eigenvalue weighted by Gasteiger charge is 2.26. The number of phenolic OH excluding ortho intramolecular Hbond substituents is 2. The molecule has 2 unspecified atom stereocenters. The highest BCUT2D eigenvalue weighted by molar-refractivity contribution is 5.74. The molecule has 88 valence electrons. The van der Waals surface area contributed by atoms with E-state index in [-0.39, 0.29) is 11.3 Å². The Balaban J connectivity index is 2.99. The van der Waals surface area contributed by atoms with Gasteiger partial charge in [0.15, 0.2) is 11.5 Å². The maximum atomic E-state index is 10.8. The summed E-state index contributed by atoms with van der Waals surface area (Å²) in [6.45, 7) is 0. The number of hydrogen-bond acceptors (Lipinski definition) is 5. The van der Waals surface area contributed by atoms with Gasteiger partial charge in [0.2, 0.25) is 0 Å². The summed E-state index contributed by atoms with van der Waals surface area (Å²) in [6, 6.07) is 2.46. The number of carbonyl (C=O) groups is 1. The number of aliphatic hydroxyl groups is 1. The SMILES string of the molecule is CNC(C(=O)O)C(O)c1ccc(O)c(O)c1. The minimum absolute atomic E-state index is 0.206. The number of phenols is 2. The molecule has 0 saturated heterocycles. The van der Waals surface area contributed by atoms with Crippen LogP contribution < -0.4 is 5.32 Å². The van der Waals surface area contributed by atoms with Gasteiger partial charge in [-0.25, -0.2) is 0 Å². The first-order chi connectivity index (χ1) is 7.47. The molecule has 0 bridgehead atoms. The molecule has 0 saturated carbocycles. The Hall–Kier alpha value is -1.79. The van der Waals surface area contributed by atoms with E-state index in [0.29, 0.717) is 0 Å². The topological polar surface area (TPSA) is 110 Å². The molecular weight excluding hydrogens is 214 g/mol. The first-order valence-electron chi connectivity index (χ1n) is 4.57. The lowest BCUT2D eigenvalue weighted by molar-refractivity contribution is -0.142. The lowest BCUT2D eigenvalue weighted by atomic mass is 10.0. The van der Waals surface area contributed by atoms with Crippen molar-refractivity contribution < 1.29 is 25.2 Å². The van der Waals surface area contributed by atoms with Crippen molar-refractivity contribution >= 4 is 5.97 Å². The Kier molecular flexibility index (Phi) is 3.70. The summed E-state index contributed by atoms with van der Waals surface area (Å²) >= 11 is 0. The monoisotopic (exact) mass is 227 g/mol. The van der Waals surface area contributed by atoms with Crippen LogP contribution in [0.15, 0.2) is 18.2 Å². The van der Waals surface area contributed by atoms with Gasteiger partial charge in [-0.15, -0.1) is 0 Å². The lowest BCUT2D eigenvalue weighted by Crippen LogP contribution is -2.39. The van der Waals surface area contributed by atoms with Gasteiger partial charge in [-0.1, -0.05) is 6.07 Å². The number of nitrogens with one attached hydrogen (secondary N) is 1. The molecule has 1 rings (SSSR count). The molecule has 16 heavy (non-hydrogen) atoms. The molecule has 5 N–H and O–H groups in total. The molecule has 0 spiro atoms. The van der Waals surface area contributed by atoms with Crippen LogP contribution in [0.1, 0.15) is 11.7 Å². The standard InChI is InChI=1S/C10H13NO5/c1-11-8(10(15)16)9(14)5-2-3-6(12)7(13)4-5/h2-4,8-9,11-14H,1H3,(H,15,16). The normalized spacial score (nSPS) is 14.4. The van der Waals surface area contributed by atoms with Gasteiger partial charge < -0.3 is 25.7 Å². The van der Waals surface area contributed by atoms with Crippen molar-refractivity contribution in [3.05, 3.63) is 23.8 Å². The molecular formula is C10H13NO5. The van der Waals surface area contributed by atoms with E-state index in [1.54, 1.807) is 0 Å². The summed E-state index contributed by atoms with van der Waals surface area (Å²) in [7, 11) is 1.41. The van der Waals surface area contributed by atoms with Crippen LogP contribution in [-0.2, 0) is 4.79 Å². The number of hydrogen-bond donors (Lipinski definition) is 5. The van der Waals surface area contributed by atoms with Gasteiger partial charge in [0.05, 0.1) is 0 Å². The summed E-state index contributed by atoms with van der Waals surface area (Å²) < 4.78 is 0. The minimum Gasteiger partial charge on any atom is -0.504 e. The van der Waals surface area contributed by atoms with E-state index in [2.05, 4.69) is 5.32 Å². The largest absolute Gasteiger partial charge is 0.504 e. The van der Waals surface area contributed by atoms with Crippen LogP contribution in [0.3, 0.4) is 0 Å². The molecule has 0 aliphatic rings. The van der Waals surface area contributed by atoms with Gasteiger partial charge >= 0.3 is 5.97 Å². The van der Waals surface area contributed by atoms with Crippen molar-refractivity contribution in [2.75, 3.05) is 7.05 Å². The van der Waals surface area contributed by atoms with Crippen molar-refractivity contribution in [1.29, 1.82) is 0 Å². The van der Waals surface area contributed by atoms with Gasteiger partial charge in [0.25, 0.3) is 0 Å². The number of benzene rings is 1. The molecule has 0 aliphatic carbocycles. The Morgan fingerprint density at radius 1 is 1.31 bits per heavy atom. The summed E-state index contributed by atoms with van der Waals surface area (Å²) in [5, 5.41) is 39.2. The Morgan fingerprint density at radius 3 is 2.38 bits per heavy atom. The smallest absolute Gasteiger partial charge is 0.323 e. The zero-order valence-electron chi connectivity index (χ0n) is 8.58. The van der Waals surface area contributed by atoms with Crippen molar-refractivity contribution in [2.24, 2.45) is 0 Å². The average Bonchev–Trinajstić information content (AvgIpc) is 2.22. The Labute approximate surface area is 91.8 Å². The van der Waals surface area contributed by atoms with Crippen molar-refractivity contribution in [2.45, 2.75) is 12.1 Å². The van der Waals surface area contributed by atoms with Gasteiger partial charge in [-0.2, -0.15) is 0 Å². The zero-order chi connectivity index (χ0) is 12.3. The van der Waals surface area contributed by atoms with Crippen LogP contribution in [-0.4, -0.2) is 39.5 Å². The molecule has 0 aromatic heterocycles. The molecule has 0 amide bonds. The van der Waals surface area contributed by atoms with Crippen molar-refractivity contribution in [3.63, 3.8) is 0 Å². The van der Waals surface area contributed by atoms with Crippen molar-refractivity contribution in [3.8, 4) is 11.5 Å². The number of carboxylic acid groups (broad SMARTS) is 1. The van der Waals surface area contributed by atoms with Crippen LogP contribution in [0.5, 0.6) is 11.5 Å². The Morgan fingerprint density at radius 2 is 1.94 bits per heavy atom.